The van der Waals surface area contributed by atoms with E-state index in [9.17, 15) is 4.79 Å². The van der Waals surface area contributed by atoms with Crippen LogP contribution in [0.2, 0.25) is 0 Å². The Balaban J connectivity index is 0.00000133. The van der Waals surface area contributed by atoms with Gasteiger partial charge in [0, 0.05) is 19.2 Å². The van der Waals surface area contributed by atoms with Crippen LogP contribution in [0.4, 0.5) is 0 Å². The molecule has 4 aliphatic rings. The highest BCUT2D eigenvalue weighted by Gasteiger charge is 2.62. The summed E-state index contributed by atoms with van der Waals surface area (Å²) in [5, 5.41) is 13.3. The quantitative estimate of drug-likeness (QED) is 0.512. The SMILES string of the molecule is CC.COCC12CCC(C)CC1CCC1C3CCC(C(=O)Cn4cc(C#N)cn4)C3(C)CCC12. The van der Waals surface area contributed by atoms with Crippen LogP contribution in [0.15, 0.2) is 12.4 Å². The largest absolute Gasteiger partial charge is 0.384 e. The minimum absolute atomic E-state index is 0.118. The van der Waals surface area contributed by atoms with Crippen molar-refractivity contribution < 1.29 is 9.53 Å². The van der Waals surface area contributed by atoms with Gasteiger partial charge in [-0.05, 0) is 91.8 Å². The van der Waals surface area contributed by atoms with Crippen molar-refractivity contribution in [2.45, 2.75) is 92.0 Å². The molecule has 5 nitrogen and oxygen atoms in total. The van der Waals surface area contributed by atoms with Crippen LogP contribution in [0.1, 0.15) is 91.0 Å². The molecule has 0 aliphatic heterocycles. The fraction of sp³-hybridized carbons (Fsp3) is 0.828. The number of nitriles is 1. The molecule has 4 aliphatic carbocycles. The van der Waals surface area contributed by atoms with Crippen molar-refractivity contribution in [1.29, 1.82) is 5.26 Å². The van der Waals surface area contributed by atoms with Gasteiger partial charge in [0.1, 0.15) is 6.07 Å². The van der Waals surface area contributed by atoms with Crippen molar-refractivity contribution in [3.05, 3.63) is 18.0 Å². The Labute approximate surface area is 206 Å². The highest BCUT2D eigenvalue weighted by molar-refractivity contribution is 5.82. The van der Waals surface area contributed by atoms with Crippen molar-refractivity contribution >= 4 is 5.78 Å². The molecule has 1 aromatic heterocycles. The second-order valence-corrected chi connectivity index (χ2v) is 11.9. The Bertz CT molecular complexity index is 903. The van der Waals surface area contributed by atoms with Crippen molar-refractivity contribution in [2.24, 2.45) is 46.3 Å². The number of carbonyl (C=O) groups excluding carboxylic acids is 1. The molecule has 4 saturated carbocycles. The number of nitrogens with zero attached hydrogens (tertiary/aromatic N) is 3. The summed E-state index contributed by atoms with van der Waals surface area (Å²) in [6.07, 6.45) is 14.7. The number of hydrogen-bond acceptors (Lipinski definition) is 4. The van der Waals surface area contributed by atoms with E-state index in [-0.39, 0.29) is 11.3 Å². The molecule has 4 fully saturated rings. The third-order valence-corrected chi connectivity index (χ3v) is 10.5. The average molecular weight is 468 g/mol. The first-order chi connectivity index (χ1) is 16.4. The third-order valence-electron chi connectivity index (χ3n) is 10.5. The lowest BCUT2D eigenvalue weighted by Crippen LogP contribution is -2.56. The Kier molecular flexibility index (Phi) is 7.58. The zero-order chi connectivity index (χ0) is 24.5. The lowest BCUT2D eigenvalue weighted by molar-refractivity contribution is -0.154. The molecule has 8 atom stereocenters. The van der Waals surface area contributed by atoms with Gasteiger partial charge in [0.25, 0.3) is 0 Å². The predicted molar refractivity (Wildman–Crippen MR) is 134 cm³/mol. The molecular formula is C29H45N3O2. The summed E-state index contributed by atoms with van der Waals surface area (Å²) < 4.78 is 7.57. The van der Waals surface area contributed by atoms with Crippen molar-refractivity contribution in [3.63, 3.8) is 0 Å². The molecule has 0 bridgehead atoms. The van der Waals surface area contributed by atoms with Gasteiger partial charge >= 0.3 is 0 Å². The smallest absolute Gasteiger partial charge is 0.157 e. The summed E-state index contributed by atoms with van der Waals surface area (Å²) in [7, 11) is 1.90. The Hall–Kier alpha value is -1.67. The molecule has 5 rings (SSSR count). The summed E-state index contributed by atoms with van der Waals surface area (Å²) in [4.78, 5) is 13.4. The number of Topliss-reactive ketones (excluding diaryl/α,β-unsaturated/α-hetero) is 1. The van der Waals surface area contributed by atoms with Crippen LogP contribution in [0, 0.1) is 57.7 Å². The number of ketones is 1. The maximum Gasteiger partial charge on any atom is 0.157 e. The summed E-state index contributed by atoms with van der Waals surface area (Å²) in [6, 6.07) is 2.11. The van der Waals surface area contributed by atoms with Gasteiger partial charge < -0.3 is 4.74 Å². The van der Waals surface area contributed by atoms with E-state index in [0.717, 1.165) is 36.7 Å². The van der Waals surface area contributed by atoms with Gasteiger partial charge in [-0.1, -0.05) is 34.1 Å². The summed E-state index contributed by atoms with van der Waals surface area (Å²) in [5.41, 5.74) is 1.01. The monoisotopic (exact) mass is 467 g/mol. The summed E-state index contributed by atoms with van der Waals surface area (Å²) in [6.45, 7) is 10.1. The van der Waals surface area contributed by atoms with E-state index in [1.54, 1.807) is 17.1 Å². The molecular weight excluding hydrogens is 422 g/mol. The average Bonchev–Trinajstić information content (AvgIpc) is 3.44. The predicted octanol–water partition coefficient (Wildman–Crippen LogP) is 6.27. The van der Waals surface area contributed by atoms with Gasteiger partial charge in [-0.2, -0.15) is 10.4 Å². The number of ether oxygens (including phenoxy) is 1. The second-order valence-electron chi connectivity index (χ2n) is 11.9. The standard InChI is InChI=1S/C27H39N3O2.C2H6/c1-18-8-11-27(17-32-3)20(12-18)4-5-21-22-6-7-24(26(22,2)10-9-23(21)27)25(31)16-30-15-19(13-28)14-29-30;1-2/h14-15,18,20-24H,4-12,16-17H2,1-3H3;1-2H3. The van der Waals surface area contributed by atoms with Crippen molar-refractivity contribution in [1.82, 2.24) is 9.78 Å². The maximum atomic E-state index is 13.4. The minimum Gasteiger partial charge on any atom is -0.384 e. The molecule has 0 amide bonds. The molecule has 0 saturated heterocycles. The molecule has 1 heterocycles. The van der Waals surface area contributed by atoms with Gasteiger partial charge in [0.05, 0.1) is 24.9 Å². The van der Waals surface area contributed by atoms with Crippen LogP contribution in [0.25, 0.3) is 0 Å². The van der Waals surface area contributed by atoms with Crippen LogP contribution >= 0.6 is 0 Å². The Morgan fingerprint density at radius 3 is 2.68 bits per heavy atom. The van der Waals surface area contributed by atoms with Crippen LogP contribution in [0.5, 0.6) is 0 Å². The van der Waals surface area contributed by atoms with Crippen LogP contribution in [0.3, 0.4) is 0 Å². The van der Waals surface area contributed by atoms with E-state index < -0.39 is 0 Å². The number of methoxy groups -OCH3 is 1. The second kappa shape index (κ2) is 10.1. The molecule has 5 heteroatoms. The van der Waals surface area contributed by atoms with Crippen molar-refractivity contribution in [2.75, 3.05) is 13.7 Å². The van der Waals surface area contributed by atoms with Crippen molar-refractivity contribution in [3.8, 4) is 6.07 Å². The highest BCUT2D eigenvalue weighted by Crippen LogP contribution is 2.68. The molecule has 1 aromatic rings. The first kappa shape index (κ1) is 25.4. The lowest BCUT2D eigenvalue weighted by atomic mass is 9.44. The van der Waals surface area contributed by atoms with Gasteiger partial charge in [0.15, 0.2) is 5.78 Å². The van der Waals surface area contributed by atoms with Gasteiger partial charge in [-0.25, -0.2) is 0 Å². The van der Waals surface area contributed by atoms with E-state index in [4.69, 9.17) is 10.00 Å². The molecule has 0 aromatic carbocycles. The van der Waals surface area contributed by atoms with Crippen LogP contribution < -0.4 is 0 Å². The Morgan fingerprint density at radius 1 is 1.18 bits per heavy atom. The first-order valence-corrected chi connectivity index (χ1v) is 13.9. The molecule has 0 radical (unpaired) electrons. The normalized spacial score (nSPS) is 40.7. The first-order valence-electron chi connectivity index (χ1n) is 13.9. The third kappa shape index (κ3) is 4.15. The van der Waals surface area contributed by atoms with Crippen LogP contribution in [-0.4, -0.2) is 29.3 Å². The van der Waals surface area contributed by atoms with E-state index in [1.807, 2.05) is 21.0 Å². The molecule has 34 heavy (non-hydrogen) atoms. The Morgan fingerprint density at radius 2 is 1.97 bits per heavy atom. The van der Waals surface area contributed by atoms with Gasteiger partial charge in [0.2, 0.25) is 0 Å². The molecule has 0 N–H and O–H groups in total. The number of carbonyl (C=O) groups is 1. The van der Waals surface area contributed by atoms with Crippen LogP contribution in [-0.2, 0) is 16.1 Å². The zero-order valence-corrected chi connectivity index (χ0v) is 22.1. The van der Waals surface area contributed by atoms with E-state index in [1.165, 1.54) is 51.4 Å². The lowest BCUT2D eigenvalue weighted by Gasteiger charge is -2.61. The maximum absolute atomic E-state index is 13.4. The zero-order valence-electron chi connectivity index (χ0n) is 22.1. The fourth-order valence-corrected chi connectivity index (χ4v) is 9.12. The fourth-order valence-electron chi connectivity index (χ4n) is 9.12. The molecule has 8 unspecified atom stereocenters. The number of rotatable bonds is 5. The number of hydrogen-bond donors (Lipinski definition) is 0. The highest BCUT2D eigenvalue weighted by atomic mass is 16.5. The molecule has 0 spiro atoms. The topological polar surface area (TPSA) is 67.9 Å². The van der Waals surface area contributed by atoms with E-state index in [0.29, 0.717) is 29.2 Å². The minimum atomic E-state index is 0.118. The van der Waals surface area contributed by atoms with E-state index in [2.05, 4.69) is 25.0 Å². The number of fused-ring (bicyclic) bond motifs is 5. The van der Waals surface area contributed by atoms with Gasteiger partial charge in [-0.3, -0.25) is 9.48 Å². The summed E-state index contributed by atoms with van der Waals surface area (Å²) >= 11 is 0. The number of aromatic nitrogens is 2. The van der Waals surface area contributed by atoms with E-state index >= 15 is 0 Å². The summed E-state index contributed by atoms with van der Waals surface area (Å²) in [5.74, 6) is 4.30. The van der Waals surface area contributed by atoms with Gasteiger partial charge in [-0.15, -0.1) is 0 Å². The molecule has 188 valence electrons.